The molecule has 82 valence electrons. The van der Waals surface area contributed by atoms with Crippen molar-refractivity contribution in [3.63, 3.8) is 0 Å². The van der Waals surface area contributed by atoms with E-state index in [-0.39, 0.29) is 0 Å². The first-order valence-electron chi connectivity index (χ1n) is 3.76. The fraction of sp³-hybridized carbons (Fsp3) is 0.571. The van der Waals surface area contributed by atoms with E-state index >= 15 is 0 Å². The summed E-state index contributed by atoms with van der Waals surface area (Å²) in [7, 11) is 0.00908. The summed E-state index contributed by atoms with van der Waals surface area (Å²) in [6.07, 6.45) is 0. The highest BCUT2D eigenvalue weighted by atomic mass is 33.1. The fourth-order valence-electron chi connectivity index (χ4n) is 0.544. The van der Waals surface area contributed by atoms with E-state index in [0.29, 0.717) is 0 Å². The van der Waals surface area contributed by atoms with E-state index in [4.69, 9.17) is 22.4 Å². The van der Waals surface area contributed by atoms with Crippen LogP contribution in [0.1, 0.15) is 13.8 Å². The molecule has 0 amide bonds. The monoisotopic (exact) mass is 256 g/mol. The van der Waals surface area contributed by atoms with Crippen LogP contribution in [0.3, 0.4) is 0 Å². The maximum absolute atomic E-state index is 10.6. The molecule has 4 nitrogen and oxygen atoms in total. The van der Waals surface area contributed by atoms with Crippen LogP contribution in [0.4, 0.5) is 0 Å². The molecule has 0 radical (unpaired) electrons. The maximum atomic E-state index is 10.6. The third kappa shape index (κ3) is 4.30. The highest BCUT2D eigenvalue weighted by molar-refractivity contribution is 8.92. The van der Waals surface area contributed by atoms with Gasteiger partial charge >= 0.3 is 11.9 Å². The summed E-state index contributed by atoms with van der Waals surface area (Å²) in [6.45, 7) is 3.06. The van der Waals surface area contributed by atoms with Crippen molar-refractivity contribution in [2.24, 2.45) is 0 Å². The number of hydrogen-bond acceptors (Lipinski definition) is 4. The number of carboxylic acids is 2. The first-order valence-corrected chi connectivity index (χ1v) is 7.19. The number of carboxylic acid groups (broad SMARTS) is 2. The van der Waals surface area contributed by atoms with Gasteiger partial charge in [0.25, 0.3) is 0 Å². The molecule has 3 unspecified atom stereocenters. The average molecular weight is 256 g/mol. The molecule has 0 fully saturated rings. The molecule has 7 heteroatoms. The summed E-state index contributed by atoms with van der Waals surface area (Å²) in [6, 6.07) is 0. The van der Waals surface area contributed by atoms with Gasteiger partial charge in [-0.1, -0.05) is 23.0 Å². The lowest BCUT2D eigenvalue weighted by Gasteiger charge is -2.21. The van der Waals surface area contributed by atoms with Crippen LogP contribution < -0.4 is 0 Å². The van der Waals surface area contributed by atoms with Gasteiger partial charge in [-0.3, -0.25) is 9.59 Å². The van der Waals surface area contributed by atoms with Gasteiger partial charge in [0.1, 0.15) is 5.25 Å². The van der Waals surface area contributed by atoms with E-state index in [1.54, 1.807) is 6.92 Å². The van der Waals surface area contributed by atoms with Gasteiger partial charge in [-0.2, -0.15) is 9.93 Å². The minimum atomic E-state index is -1.10. The van der Waals surface area contributed by atoms with Gasteiger partial charge < -0.3 is 10.2 Å². The van der Waals surface area contributed by atoms with E-state index in [1.807, 2.05) is 0 Å². The molecule has 0 saturated heterocycles. The third-order valence-corrected chi connectivity index (χ3v) is 7.45. The number of aliphatic carboxylic acids is 2. The molecule has 0 aromatic carbocycles. The molecule has 0 rings (SSSR count). The zero-order valence-corrected chi connectivity index (χ0v) is 10.2. The normalized spacial score (nSPS) is 18.0. The Morgan fingerprint density at radius 2 is 1.86 bits per heavy atom. The van der Waals surface area contributed by atoms with E-state index in [0.717, 1.165) is 10.8 Å². The summed E-state index contributed by atoms with van der Waals surface area (Å²) >= 11 is 4.70. The molecular weight excluding hydrogens is 244 g/mol. The predicted molar refractivity (Wildman–Crippen MR) is 64.4 cm³/mol. The van der Waals surface area contributed by atoms with Crippen LogP contribution >= 0.6 is 32.9 Å². The lowest BCUT2D eigenvalue weighted by molar-refractivity contribution is -0.137. The number of hydrogen-bond donors (Lipinski definition) is 3. The van der Waals surface area contributed by atoms with E-state index in [9.17, 15) is 9.59 Å². The summed E-state index contributed by atoms with van der Waals surface area (Å²) in [5.41, 5.74) is 0. The Hall–Kier alpha value is -0.270. The number of rotatable bonds is 6. The molecule has 0 saturated carbocycles. The van der Waals surface area contributed by atoms with Gasteiger partial charge in [0.15, 0.2) is 0 Å². The summed E-state index contributed by atoms with van der Waals surface area (Å²) in [5.74, 6) is -1.89. The quantitative estimate of drug-likeness (QED) is 0.380. The molecular formula is C7H12O4S3. The highest BCUT2D eigenvalue weighted by Gasteiger charge is 2.23. The van der Waals surface area contributed by atoms with Crippen LogP contribution in [0.15, 0.2) is 0 Å². The molecule has 0 spiro atoms. The van der Waals surface area contributed by atoms with Gasteiger partial charge in [0.05, 0.1) is 5.25 Å². The van der Waals surface area contributed by atoms with E-state index in [1.165, 1.54) is 11.6 Å². The second-order valence-electron chi connectivity index (χ2n) is 2.57. The number of carbonyl (C=O) groups is 2. The standard InChI is InChI=1S/C7H12O4S3/c1-4(6(8)9)13-14(3-12)5(2)7(10)11/h3-5,14H,1-2H3,(H,8,9)(H,10,11). The van der Waals surface area contributed by atoms with Gasteiger partial charge in [-0.05, 0) is 13.8 Å². The number of thiol groups is 1. The zero-order chi connectivity index (χ0) is 11.3. The highest BCUT2D eigenvalue weighted by Crippen LogP contribution is 2.45. The molecule has 3 atom stereocenters. The Morgan fingerprint density at radius 1 is 1.36 bits per heavy atom. The Labute approximate surface area is 93.8 Å². The van der Waals surface area contributed by atoms with Gasteiger partial charge in [0, 0.05) is 4.70 Å². The molecule has 14 heavy (non-hydrogen) atoms. The lowest BCUT2D eigenvalue weighted by atomic mass is 10.5. The molecule has 0 bridgehead atoms. The van der Waals surface area contributed by atoms with E-state index < -0.39 is 32.4 Å². The Morgan fingerprint density at radius 3 is 2.14 bits per heavy atom. The third-order valence-electron chi connectivity index (χ3n) is 1.47. The van der Waals surface area contributed by atoms with Crippen molar-refractivity contribution < 1.29 is 19.8 Å². The molecule has 2 N–H and O–H groups in total. The van der Waals surface area contributed by atoms with Crippen molar-refractivity contribution >= 4 is 49.6 Å². The van der Waals surface area contributed by atoms with Gasteiger partial charge in [-0.15, -0.1) is 0 Å². The molecule has 0 aliphatic heterocycles. The van der Waals surface area contributed by atoms with Crippen molar-refractivity contribution in [1.82, 2.24) is 0 Å². The van der Waals surface area contributed by atoms with Crippen molar-refractivity contribution in [1.29, 1.82) is 0 Å². The van der Waals surface area contributed by atoms with Gasteiger partial charge in [0.2, 0.25) is 0 Å². The van der Waals surface area contributed by atoms with Crippen molar-refractivity contribution in [3.8, 4) is 0 Å². The predicted octanol–water partition coefficient (Wildman–Crippen LogP) is 1.54. The first kappa shape index (κ1) is 13.7. The van der Waals surface area contributed by atoms with Crippen LogP contribution in [0, 0.1) is 0 Å². The Kier molecular flexibility index (Phi) is 6.14. The Balaban J connectivity index is 4.36. The van der Waals surface area contributed by atoms with Gasteiger partial charge in [-0.25, -0.2) is 0 Å². The molecule has 0 heterocycles. The largest absolute Gasteiger partial charge is 0.480 e. The lowest BCUT2D eigenvalue weighted by Crippen LogP contribution is -2.18. The molecule has 0 aromatic heterocycles. The zero-order valence-electron chi connectivity index (χ0n) is 7.71. The summed E-state index contributed by atoms with van der Waals surface area (Å²) in [4.78, 5) is 21.2. The van der Waals surface area contributed by atoms with E-state index in [2.05, 4.69) is 0 Å². The smallest absolute Gasteiger partial charge is 0.317 e. The summed E-state index contributed by atoms with van der Waals surface area (Å²) in [5, 5.41) is 16.1. The first-order chi connectivity index (χ1) is 6.40. The molecule has 0 aliphatic carbocycles. The second-order valence-corrected chi connectivity index (χ2v) is 7.72. The molecule has 0 aromatic rings. The number of thiocarbonyl (C=S) groups is 1. The Bertz CT molecular complexity index is 243. The second kappa shape index (κ2) is 6.26. The van der Waals surface area contributed by atoms with Crippen LogP contribution in [0.2, 0.25) is 0 Å². The SMILES string of the molecule is CC(S[SH](C=S)C(C)C(=O)O)C(=O)O. The van der Waals surface area contributed by atoms with Crippen LogP contribution in [-0.2, 0) is 9.59 Å². The maximum Gasteiger partial charge on any atom is 0.317 e. The van der Waals surface area contributed by atoms with Crippen LogP contribution in [0.25, 0.3) is 0 Å². The van der Waals surface area contributed by atoms with Crippen LogP contribution in [0.5, 0.6) is 0 Å². The minimum Gasteiger partial charge on any atom is -0.480 e. The van der Waals surface area contributed by atoms with Crippen molar-refractivity contribution in [3.05, 3.63) is 0 Å². The van der Waals surface area contributed by atoms with Crippen molar-refractivity contribution in [2.45, 2.75) is 24.3 Å². The topological polar surface area (TPSA) is 74.6 Å². The average Bonchev–Trinajstić information content (AvgIpc) is 2.12. The fourth-order valence-corrected chi connectivity index (χ4v) is 4.96. The van der Waals surface area contributed by atoms with Crippen LogP contribution in [-0.4, -0.2) is 37.4 Å². The minimum absolute atomic E-state index is 0.603. The van der Waals surface area contributed by atoms with Crippen molar-refractivity contribution in [2.75, 3.05) is 0 Å². The summed E-state index contributed by atoms with van der Waals surface area (Å²) < 4.78 is 1.37. The molecule has 0 aliphatic rings.